The van der Waals surface area contributed by atoms with Gasteiger partial charge in [-0.15, -0.1) is 0 Å². The molecule has 0 radical (unpaired) electrons. The van der Waals surface area contributed by atoms with E-state index in [1.807, 2.05) is 0 Å². The van der Waals surface area contributed by atoms with Crippen LogP contribution in [0.25, 0.3) is 22.9 Å². The normalized spacial score (nSPS) is 12.6. The van der Waals surface area contributed by atoms with Crippen LogP contribution in [-0.4, -0.2) is 0 Å². The minimum atomic E-state index is 0.384. The second-order valence-corrected chi connectivity index (χ2v) is 14.0. The summed E-state index contributed by atoms with van der Waals surface area (Å²) in [4.78, 5) is 4.96. The van der Waals surface area contributed by atoms with Crippen molar-refractivity contribution in [3.63, 3.8) is 0 Å². The lowest BCUT2D eigenvalue weighted by Crippen LogP contribution is -2.17. The van der Waals surface area contributed by atoms with Gasteiger partial charge in [0.2, 0.25) is 0 Å². The van der Waals surface area contributed by atoms with Gasteiger partial charge in [-0.3, -0.25) is 0 Å². The summed E-state index contributed by atoms with van der Waals surface area (Å²) in [5.74, 6) is 0.798. The molecular formula is C47H46N2. The molecule has 0 unspecified atom stereocenters. The molecule has 0 spiro atoms. The fourth-order valence-corrected chi connectivity index (χ4v) is 6.98. The molecule has 0 fully saturated rings. The van der Waals surface area contributed by atoms with Gasteiger partial charge in [0.05, 0.1) is 11.4 Å². The highest BCUT2D eigenvalue weighted by Gasteiger charge is 2.29. The van der Waals surface area contributed by atoms with Gasteiger partial charge in [-0.1, -0.05) is 135 Å². The van der Waals surface area contributed by atoms with Gasteiger partial charge in [-0.05, 0) is 92.3 Å². The number of aryl methyl sites for hydroxylation is 2. The number of nitrogens with zero attached hydrogens (tertiary/aromatic N) is 2. The summed E-state index contributed by atoms with van der Waals surface area (Å²) in [5, 5.41) is 2.47. The maximum Gasteiger partial charge on any atom is 0.0619 e. The molecule has 0 aromatic heterocycles. The van der Waals surface area contributed by atoms with E-state index < -0.39 is 0 Å². The summed E-state index contributed by atoms with van der Waals surface area (Å²) < 4.78 is 0. The Kier molecular flexibility index (Phi) is 8.97. The predicted molar refractivity (Wildman–Crippen MR) is 213 cm³/mol. The Labute approximate surface area is 292 Å². The number of hydrogen-bond acceptors (Lipinski definition) is 2. The summed E-state index contributed by atoms with van der Waals surface area (Å²) in [7, 11) is 0. The van der Waals surface area contributed by atoms with Gasteiger partial charge < -0.3 is 9.80 Å². The molecule has 0 saturated carbocycles. The van der Waals surface area contributed by atoms with E-state index in [0.717, 1.165) is 29.2 Å². The molecular weight excluding hydrogens is 593 g/mol. The second-order valence-electron chi connectivity index (χ2n) is 14.0. The molecule has 1 aliphatic carbocycles. The Balaban J connectivity index is 1.69. The summed E-state index contributed by atoms with van der Waals surface area (Å²) in [6, 6.07) is 46.8. The average Bonchev–Trinajstić information content (AvgIpc) is 3.35. The largest absolute Gasteiger partial charge is 0.309 e. The Morgan fingerprint density at radius 1 is 0.490 bits per heavy atom. The fraction of sp³-hybridized carbons (Fsp3) is 0.191. The molecule has 0 N–H and O–H groups in total. The highest BCUT2D eigenvalue weighted by Crippen LogP contribution is 2.52. The van der Waals surface area contributed by atoms with Gasteiger partial charge in [-0.25, -0.2) is 0 Å². The summed E-state index contributed by atoms with van der Waals surface area (Å²) in [5.41, 5.74) is 14.7. The molecule has 0 amide bonds. The van der Waals surface area contributed by atoms with E-state index in [1.165, 1.54) is 55.5 Å². The predicted octanol–water partition coefficient (Wildman–Crippen LogP) is 14.0. The summed E-state index contributed by atoms with van der Waals surface area (Å²) in [6.45, 7) is 13.5. The van der Waals surface area contributed by atoms with E-state index in [1.54, 1.807) is 0 Å². The lowest BCUT2D eigenvalue weighted by atomic mass is 9.89. The molecule has 2 heteroatoms. The van der Waals surface area contributed by atoms with Crippen molar-refractivity contribution in [2.45, 2.75) is 53.9 Å². The number of allylic oxidation sites excluding steroid dienone is 2. The average molecular weight is 639 g/mol. The lowest BCUT2D eigenvalue weighted by molar-refractivity contribution is 0.755. The maximum absolute atomic E-state index is 2.50. The van der Waals surface area contributed by atoms with E-state index in [9.17, 15) is 0 Å². The van der Waals surface area contributed by atoms with Crippen molar-refractivity contribution in [3.05, 3.63) is 167 Å². The SMILES string of the molecule is Cc1ccc(N(c2ccccc2)c2c3c(c(N(c4ccccc4)c4ccc(C)cc4)c4cc(C(C)C)ccc24)C=CCC(C(C)C)=C3)cc1. The number of anilines is 6. The van der Waals surface area contributed by atoms with Crippen LogP contribution < -0.4 is 9.80 Å². The monoisotopic (exact) mass is 638 g/mol. The van der Waals surface area contributed by atoms with Gasteiger partial charge in [0, 0.05) is 44.6 Å². The van der Waals surface area contributed by atoms with Crippen LogP contribution in [0.3, 0.4) is 0 Å². The van der Waals surface area contributed by atoms with E-state index >= 15 is 0 Å². The molecule has 0 bridgehead atoms. The molecule has 0 aliphatic heterocycles. The van der Waals surface area contributed by atoms with Crippen molar-refractivity contribution in [1.82, 2.24) is 0 Å². The standard InChI is InChI=1S/C47H46N2/c1-32(2)36-14-13-19-42-44(30-36)47(49(39-17-11-8-12-18-39)41-27-22-35(6)23-28-41)43-29-24-37(33(3)4)31-45(43)46(42)48(38-15-9-7-10-16-38)40-25-20-34(5)21-26-40/h7-13,15-33H,14H2,1-6H3. The molecule has 0 saturated heterocycles. The molecule has 244 valence electrons. The van der Waals surface area contributed by atoms with Crippen LogP contribution in [0.2, 0.25) is 0 Å². The Bertz CT molecular complexity index is 2140. The van der Waals surface area contributed by atoms with Crippen molar-refractivity contribution in [2.75, 3.05) is 9.80 Å². The summed E-state index contributed by atoms with van der Waals surface area (Å²) in [6.07, 6.45) is 8.19. The number of benzene rings is 6. The van der Waals surface area contributed by atoms with Gasteiger partial charge in [0.25, 0.3) is 0 Å². The smallest absolute Gasteiger partial charge is 0.0619 e. The van der Waals surface area contributed by atoms with Crippen molar-refractivity contribution in [2.24, 2.45) is 5.92 Å². The van der Waals surface area contributed by atoms with Crippen LogP contribution in [0.5, 0.6) is 0 Å². The highest BCUT2D eigenvalue weighted by molar-refractivity contribution is 6.14. The van der Waals surface area contributed by atoms with Crippen molar-refractivity contribution in [3.8, 4) is 0 Å². The highest BCUT2D eigenvalue weighted by atomic mass is 15.2. The number of para-hydroxylation sites is 2. The number of hydrogen-bond donors (Lipinski definition) is 0. The van der Waals surface area contributed by atoms with E-state index in [-0.39, 0.29) is 0 Å². The molecule has 6 aromatic rings. The van der Waals surface area contributed by atoms with Gasteiger partial charge >= 0.3 is 0 Å². The van der Waals surface area contributed by atoms with E-state index in [0.29, 0.717) is 11.8 Å². The number of fused-ring (bicyclic) bond motifs is 2. The van der Waals surface area contributed by atoms with Crippen molar-refractivity contribution >= 4 is 57.0 Å². The molecule has 2 nitrogen and oxygen atoms in total. The molecule has 49 heavy (non-hydrogen) atoms. The van der Waals surface area contributed by atoms with Crippen LogP contribution in [0.1, 0.15) is 67.9 Å². The van der Waals surface area contributed by atoms with Crippen molar-refractivity contribution in [1.29, 1.82) is 0 Å². The van der Waals surface area contributed by atoms with Gasteiger partial charge in [0.1, 0.15) is 0 Å². The zero-order valence-corrected chi connectivity index (χ0v) is 29.6. The van der Waals surface area contributed by atoms with Gasteiger partial charge in [-0.2, -0.15) is 0 Å². The minimum Gasteiger partial charge on any atom is -0.309 e. The van der Waals surface area contributed by atoms with Crippen LogP contribution in [0, 0.1) is 19.8 Å². The zero-order valence-electron chi connectivity index (χ0n) is 29.6. The Morgan fingerprint density at radius 2 is 0.980 bits per heavy atom. The van der Waals surface area contributed by atoms with E-state index in [4.69, 9.17) is 0 Å². The zero-order chi connectivity index (χ0) is 34.1. The minimum absolute atomic E-state index is 0.384. The quantitative estimate of drug-likeness (QED) is 0.153. The number of rotatable bonds is 8. The first-order chi connectivity index (χ1) is 23.8. The van der Waals surface area contributed by atoms with Crippen molar-refractivity contribution < 1.29 is 0 Å². The molecule has 7 rings (SSSR count). The first-order valence-electron chi connectivity index (χ1n) is 17.6. The van der Waals surface area contributed by atoms with Crippen LogP contribution in [0.15, 0.2) is 139 Å². The molecule has 1 aliphatic rings. The van der Waals surface area contributed by atoms with Crippen LogP contribution >= 0.6 is 0 Å². The van der Waals surface area contributed by atoms with Crippen LogP contribution in [0.4, 0.5) is 34.1 Å². The topological polar surface area (TPSA) is 6.48 Å². The Hall–Kier alpha value is -5.34. The van der Waals surface area contributed by atoms with E-state index in [2.05, 4.69) is 197 Å². The Morgan fingerprint density at radius 3 is 1.47 bits per heavy atom. The molecule has 6 aromatic carbocycles. The lowest BCUT2D eigenvalue weighted by Gasteiger charge is -2.34. The third-order valence-electron chi connectivity index (χ3n) is 9.79. The first-order valence-corrected chi connectivity index (χ1v) is 17.6. The third kappa shape index (κ3) is 6.32. The second kappa shape index (κ2) is 13.6. The van der Waals surface area contributed by atoms with Gasteiger partial charge in [0.15, 0.2) is 0 Å². The molecule has 0 heterocycles. The third-order valence-corrected chi connectivity index (χ3v) is 9.79. The molecule has 0 atom stereocenters. The first kappa shape index (κ1) is 32.2. The maximum atomic E-state index is 2.50. The summed E-state index contributed by atoms with van der Waals surface area (Å²) >= 11 is 0. The van der Waals surface area contributed by atoms with Crippen LogP contribution in [-0.2, 0) is 0 Å². The fourth-order valence-electron chi connectivity index (χ4n) is 6.98.